The van der Waals surface area contributed by atoms with E-state index in [-0.39, 0.29) is 39.1 Å². The molecule has 4 aromatic carbocycles. The summed E-state index contributed by atoms with van der Waals surface area (Å²) in [6.45, 7) is 3.81. The molecule has 0 aliphatic carbocycles. The quantitative estimate of drug-likeness (QED) is 0.255. The molecular formula is C36H22N2O6. The van der Waals surface area contributed by atoms with Gasteiger partial charge in [-0.1, -0.05) is 43.9 Å². The molecule has 0 aromatic heterocycles. The summed E-state index contributed by atoms with van der Waals surface area (Å²) in [5.74, 6) is 1.47. The summed E-state index contributed by atoms with van der Waals surface area (Å²) >= 11 is 0. The highest BCUT2D eigenvalue weighted by Crippen LogP contribution is 2.38. The second-order valence-electron chi connectivity index (χ2n) is 10.9. The van der Waals surface area contributed by atoms with Crippen LogP contribution < -0.4 is 9.80 Å². The molecular weight excluding hydrogens is 556 g/mol. The molecule has 0 spiro atoms. The monoisotopic (exact) mass is 578 g/mol. The minimum absolute atomic E-state index is 0.0593. The van der Waals surface area contributed by atoms with Gasteiger partial charge in [0.15, 0.2) is 0 Å². The molecule has 6 rings (SSSR count). The van der Waals surface area contributed by atoms with E-state index in [0.29, 0.717) is 22.4 Å². The molecule has 212 valence electrons. The Kier molecular flexibility index (Phi) is 6.30. The van der Waals surface area contributed by atoms with Crippen molar-refractivity contribution in [2.45, 2.75) is 19.3 Å². The van der Waals surface area contributed by atoms with Crippen molar-refractivity contribution >= 4 is 41.0 Å². The molecule has 0 fully saturated rings. The number of hydrogen-bond acceptors (Lipinski definition) is 5. The van der Waals surface area contributed by atoms with E-state index >= 15 is 0 Å². The molecule has 8 nitrogen and oxygen atoms in total. The number of hydrogen-bond donors (Lipinski definition) is 1. The molecule has 8 heteroatoms. The van der Waals surface area contributed by atoms with Gasteiger partial charge in [0.2, 0.25) is 0 Å². The van der Waals surface area contributed by atoms with Gasteiger partial charge in [-0.3, -0.25) is 19.2 Å². The number of carbonyl (C=O) groups excluding carboxylic acids is 4. The molecule has 4 aromatic rings. The van der Waals surface area contributed by atoms with E-state index in [1.807, 2.05) is 13.8 Å². The van der Waals surface area contributed by atoms with Crippen molar-refractivity contribution in [1.82, 2.24) is 0 Å². The average molecular weight is 579 g/mol. The van der Waals surface area contributed by atoms with Crippen molar-refractivity contribution in [2.24, 2.45) is 0 Å². The van der Waals surface area contributed by atoms with Gasteiger partial charge in [-0.05, 0) is 71.8 Å². The Labute approximate surface area is 252 Å². The Morgan fingerprint density at radius 2 is 1.14 bits per heavy atom. The van der Waals surface area contributed by atoms with Crippen LogP contribution in [0.4, 0.5) is 11.4 Å². The lowest BCUT2D eigenvalue weighted by Gasteiger charge is -2.27. The number of amides is 4. The predicted molar refractivity (Wildman–Crippen MR) is 163 cm³/mol. The number of benzene rings is 4. The van der Waals surface area contributed by atoms with Crippen molar-refractivity contribution in [3.05, 3.63) is 129 Å². The van der Waals surface area contributed by atoms with Gasteiger partial charge in [0.1, 0.15) is 0 Å². The molecule has 0 radical (unpaired) electrons. The largest absolute Gasteiger partial charge is 0.478 e. The maximum Gasteiger partial charge on any atom is 0.335 e. The van der Waals surface area contributed by atoms with Crippen LogP contribution in [0.2, 0.25) is 0 Å². The van der Waals surface area contributed by atoms with Crippen molar-refractivity contribution in [2.75, 3.05) is 9.80 Å². The van der Waals surface area contributed by atoms with Gasteiger partial charge in [0, 0.05) is 16.5 Å². The Hall–Kier alpha value is -6.25. The van der Waals surface area contributed by atoms with Crippen molar-refractivity contribution < 1.29 is 29.1 Å². The van der Waals surface area contributed by atoms with Crippen LogP contribution >= 0.6 is 0 Å². The summed E-state index contributed by atoms with van der Waals surface area (Å²) in [6, 6.07) is 20.5. The molecule has 0 atom stereocenters. The van der Waals surface area contributed by atoms with Crippen LogP contribution in [0.3, 0.4) is 0 Å². The van der Waals surface area contributed by atoms with E-state index in [9.17, 15) is 29.1 Å². The van der Waals surface area contributed by atoms with Crippen LogP contribution in [0.15, 0.2) is 78.9 Å². The van der Waals surface area contributed by atoms with Crippen molar-refractivity contribution in [3.8, 4) is 24.7 Å². The maximum absolute atomic E-state index is 13.6. The molecule has 0 saturated carbocycles. The third kappa shape index (κ3) is 4.17. The van der Waals surface area contributed by atoms with Crippen LogP contribution in [0.5, 0.6) is 0 Å². The summed E-state index contributed by atoms with van der Waals surface area (Å²) in [5, 5.41) is 9.49. The zero-order valence-electron chi connectivity index (χ0n) is 23.5. The lowest BCUT2D eigenvalue weighted by Crippen LogP contribution is -2.29. The van der Waals surface area contributed by atoms with Crippen LogP contribution in [-0.4, -0.2) is 34.7 Å². The van der Waals surface area contributed by atoms with Gasteiger partial charge >= 0.3 is 5.97 Å². The fraction of sp³-hybridized carbons (Fsp3) is 0.0833. The van der Waals surface area contributed by atoms with Crippen LogP contribution in [0.1, 0.15) is 87.9 Å². The highest BCUT2D eigenvalue weighted by molar-refractivity contribution is 6.35. The first-order valence-corrected chi connectivity index (χ1v) is 13.4. The third-order valence-electron chi connectivity index (χ3n) is 8.08. The van der Waals surface area contributed by atoms with Gasteiger partial charge in [0.25, 0.3) is 23.6 Å². The van der Waals surface area contributed by atoms with Crippen LogP contribution in [-0.2, 0) is 5.41 Å². The Bertz CT molecular complexity index is 2090. The fourth-order valence-corrected chi connectivity index (χ4v) is 5.58. The Morgan fingerprint density at radius 3 is 1.66 bits per heavy atom. The second kappa shape index (κ2) is 9.94. The summed E-state index contributed by atoms with van der Waals surface area (Å²) in [5.41, 5.74) is 2.48. The minimum Gasteiger partial charge on any atom is -0.478 e. The van der Waals surface area contributed by atoms with E-state index in [4.69, 9.17) is 12.8 Å². The fourth-order valence-electron chi connectivity index (χ4n) is 5.58. The highest BCUT2D eigenvalue weighted by atomic mass is 16.4. The number of carbonyl (C=O) groups is 5. The van der Waals surface area contributed by atoms with Gasteiger partial charge in [-0.15, -0.1) is 12.8 Å². The SMILES string of the molecule is C#Cc1cccc(N2C(=O)c3ccc(C(C)(C)c4ccc5c(c4)C(=O)N(c4cc(C#C)cc(C(=O)O)c4)C5=O)cc3C2=O)c1. The molecule has 4 amide bonds. The normalized spacial score (nSPS) is 13.9. The standard InChI is InChI=1S/C36H22N2O6/c1-5-20-8-7-9-25(15-20)37-31(39)27-12-10-23(18-29(27)33(37)41)36(3,4)24-11-13-28-30(19-24)34(42)38(32(28)40)26-16-21(6-2)14-22(17-26)35(43)44/h1-2,7-19H,3-4H3,(H,43,44). The van der Waals surface area contributed by atoms with E-state index in [1.54, 1.807) is 60.7 Å². The number of nitrogens with zero attached hydrogens (tertiary/aromatic N) is 2. The van der Waals surface area contributed by atoms with E-state index in [2.05, 4.69) is 11.8 Å². The van der Waals surface area contributed by atoms with Crippen LogP contribution in [0.25, 0.3) is 0 Å². The summed E-state index contributed by atoms with van der Waals surface area (Å²) < 4.78 is 0. The third-order valence-corrected chi connectivity index (χ3v) is 8.08. The predicted octanol–water partition coefficient (Wildman–Crippen LogP) is 5.27. The van der Waals surface area contributed by atoms with E-state index < -0.39 is 35.0 Å². The zero-order valence-corrected chi connectivity index (χ0v) is 23.5. The number of imide groups is 2. The Balaban J connectivity index is 1.35. The first kappa shape index (κ1) is 27.9. The number of carboxylic acid groups (broad SMARTS) is 1. The zero-order chi connectivity index (χ0) is 31.5. The molecule has 2 aliphatic rings. The number of terminal acetylenes is 2. The lowest BCUT2D eigenvalue weighted by molar-refractivity contribution is 0.0695. The van der Waals surface area contributed by atoms with Gasteiger partial charge in [-0.2, -0.15) is 0 Å². The summed E-state index contributed by atoms with van der Waals surface area (Å²) in [7, 11) is 0. The van der Waals surface area contributed by atoms with Crippen molar-refractivity contribution in [3.63, 3.8) is 0 Å². The number of aromatic carboxylic acids is 1. The minimum atomic E-state index is -1.25. The second-order valence-corrected chi connectivity index (χ2v) is 10.9. The molecule has 0 unspecified atom stereocenters. The first-order valence-electron chi connectivity index (χ1n) is 13.4. The number of rotatable bonds is 5. The van der Waals surface area contributed by atoms with Gasteiger partial charge < -0.3 is 5.11 Å². The van der Waals surface area contributed by atoms with Crippen molar-refractivity contribution in [1.29, 1.82) is 0 Å². The molecule has 2 heterocycles. The number of carboxylic acids is 1. The number of anilines is 2. The summed E-state index contributed by atoms with van der Waals surface area (Å²) in [4.78, 5) is 67.2. The van der Waals surface area contributed by atoms with E-state index in [1.165, 1.54) is 18.2 Å². The van der Waals surface area contributed by atoms with Crippen LogP contribution in [0, 0.1) is 24.7 Å². The summed E-state index contributed by atoms with van der Waals surface area (Å²) in [6.07, 6.45) is 11.0. The highest BCUT2D eigenvalue weighted by Gasteiger charge is 2.40. The first-order chi connectivity index (χ1) is 21.0. The molecule has 0 saturated heterocycles. The molecule has 2 aliphatic heterocycles. The molecule has 44 heavy (non-hydrogen) atoms. The number of fused-ring (bicyclic) bond motifs is 2. The topological polar surface area (TPSA) is 112 Å². The smallest absolute Gasteiger partial charge is 0.335 e. The Morgan fingerprint density at radius 1 is 0.636 bits per heavy atom. The molecule has 1 N–H and O–H groups in total. The molecule has 0 bridgehead atoms. The lowest BCUT2D eigenvalue weighted by atomic mass is 9.76. The maximum atomic E-state index is 13.6. The van der Waals surface area contributed by atoms with Gasteiger partial charge in [0.05, 0.1) is 39.2 Å². The van der Waals surface area contributed by atoms with E-state index in [0.717, 1.165) is 9.80 Å². The average Bonchev–Trinajstić information content (AvgIpc) is 3.43. The van der Waals surface area contributed by atoms with Gasteiger partial charge in [-0.25, -0.2) is 14.6 Å².